The van der Waals surface area contributed by atoms with Gasteiger partial charge in [-0.1, -0.05) is 19.1 Å². The first kappa shape index (κ1) is 27.9. The number of ketones is 1. The number of benzene rings is 1. The van der Waals surface area contributed by atoms with E-state index in [2.05, 4.69) is 10.6 Å². The molecule has 2 aromatic heterocycles. The number of rotatable bonds is 8. The van der Waals surface area contributed by atoms with E-state index in [1.807, 2.05) is 41.9 Å². The number of urea groups is 1. The first-order valence-electron chi connectivity index (χ1n) is 13.3. The van der Waals surface area contributed by atoms with Gasteiger partial charge in [-0.2, -0.15) is 0 Å². The van der Waals surface area contributed by atoms with Gasteiger partial charge < -0.3 is 20.4 Å². The zero-order chi connectivity index (χ0) is 28.2. The number of carbonyl (C=O) groups excluding carboxylic acids is 3. The fourth-order valence-electron chi connectivity index (χ4n) is 5.67. The Hall–Kier alpha value is -3.61. The molecule has 10 nitrogen and oxygen atoms in total. The molecule has 3 aromatic rings. The second-order valence-corrected chi connectivity index (χ2v) is 11.8. The van der Waals surface area contributed by atoms with E-state index < -0.39 is 28.8 Å². The molecule has 2 saturated heterocycles. The summed E-state index contributed by atoms with van der Waals surface area (Å²) in [7, 11) is 0. The maximum absolute atomic E-state index is 14.4. The van der Waals surface area contributed by atoms with Gasteiger partial charge >= 0.3 is 6.03 Å². The minimum atomic E-state index is -0.896. The monoisotopic (exact) mass is 581 g/mol. The van der Waals surface area contributed by atoms with Gasteiger partial charge in [-0.25, -0.2) is 4.79 Å². The predicted octanol–water partition coefficient (Wildman–Crippen LogP) is 4.28. The molecule has 2 aliphatic rings. The van der Waals surface area contributed by atoms with Gasteiger partial charge in [0.25, 0.3) is 5.69 Å². The van der Waals surface area contributed by atoms with Crippen molar-refractivity contribution in [2.45, 2.75) is 31.3 Å². The van der Waals surface area contributed by atoms with Crippen LogP contribution in [-0.4, -0.2) is 71.2 Å². The van der Waals surface area contributed by atoms with E-state index in [1.165, 1.54) is 46.9 Å². The summed E-state index contributed by atoms with van der Waals surface area (Å²) in [6.45, 7) is 4.74. The molecule has 210 valence electrons. The fraction of sp³-hybridized carbons (Fsp3) is 0.393. The average Bonchev–Trinajstić information content (AvgIpc) is 3.75. The molecule has 0 bridgehead atoms. The van der Waals surface area contributed by atoms with Crippen LogP contribution < -0.4 is 10.6 Å². The third-order valence-corrected chi connectivity index (χ3v) is 9.40. The van der Waals surface area contributed by atoms with Crippen LogP contribution in [0.25, 0.3) is 0 Å². The van der Waals surface area contributed by atoms with E-state index >= 15 is 0 Å². The second-order valence-electron chi connectivity index (χ2n) is 9.85. The summed E-state index contributed by atoms with van der Waals surface area (Å²) in [5.41, 5.74) is 0.197. The summed E-state index contributed by atoms with van der Waals surface area (Å²) in [6, 6.07) is 11.2. The van der Waals surface area contributed by atoms with Gasteiger partial charge in [-0.15, -0.1) is 22.7 Å². The molecule has 2 N–H and O–H groups in total. The maximum Gasteiger partial charge on any atom is 0.318 e. The normalized spacial score (nSPS) is 22.7. The van der Waals surface area contributed by atoms with Crippen LogP contribution in [0.1, 0.15) is 45.4 Å². The second kappa shape index (κ2) is 12.3. The van der Waals surface area contributed by atoms with E-state index in [4.69, 9.17) is 0 Å². The van der Waals surface area contributed by atoms with Gasteiger partial charge in [0.15, 0.2) is 5.78 Å². The molecule has 2 aliphatic heterocycles. The number of nitro benzene ring substituents is 1. The minimum absolute atomic E-state index is 0.111. The van der Waals surface area contributed by atoms with Crippen molar-refractivity contribution in [2.24, 2.45) is 5.92 Å². The molecule has 4 heterocycles. The third kappa shape index (κ3) is 5.38. The van der Waals surface area contributed by atoms with E-state index in [1.54, 1.807) is 9.80 Å². The number of amides is 3. The molecule has 12 heteroatoms. The molecule has 4 unspecified atom stereocenters. The molecule has 4 atom stereocenters. The Morgan fingerprint density at radius 3 is 2.25 bits per heavy atom. The number of nitro groups is 1. The van der Waals surface area contributed by atoms with Crippen LogP contribution in [0.2, 0.25) is 0 Å². The number of hydrogen-bond acceptors (Lipinski definition) is 8. The predicted molar refractivity (Wildman–Crippen MR) is 154 cm³/mol. The van der Waals surface area contributed by atoms with Crippen molar-refractivity contribution in [1.29, 1.82) is 0 Å². The summed E-state index contributed by atoms with van der Waals surface area (Å²) < 4.78 is 0. The summed E-state index contributed by atoms with van der Waals surface area (Å²) in [6.07, 6.45) is 0.721. The Bertz CT molecular complexity index is 1340. The molecule has 0 spiro atoms. The molecule has 2 fully saturated rings. The van der Waals surface area contributed by atoms with Crippen LogP contribution in [0.4, 0.5) is 10.5 Å². The Kier molecular flexibility index (Phi) is 8.57. The van der Waals surface area contributed by atoms with E-state index in [9.17, 15) is 24.5 Å². The highest BCUT2D eigenvalue weighted by Gasteiger charge is 2.58. The van der Waals surface area contributed by atoms with Crippen LogP contribution in [0.5, 0.6) is 0 Å². The zero-order valence-corrected chi connectivity index (χ0v) is 23.7. The van der Waals surface area contributed by atoms with Gasteiger partial charge in [-0.3, -0.25) is 19.7 Å². The quantitative estimate of drug-likeness (QED) is 0.233. The van der Waals surface area contributed by atoms with Crippen LogP contribution in [-0.2, 0) is 4.79 Å². The summed E-state index contributed by atoms with van der Waals surface area (Å²) in [4.78, 5) is 58.4. The van der Waals surface area contributed by atoms with Crippen molar-refractivity contribution in [3.05, 3.63) is 84.7 Å². The molecule has 0 aliphatic carbocycles. The van der Waals surface area contributed by atoms with Crippen molar-refractivity contribution in [1.82, 2.24) is 20.4 Å². The van der Waals surface area contributed by atoms with Gasteiger partial charge in [-0.05, 0) is 41.4 Å². The van der Waals surface area contributed by atoms with Gasteiger partial charge in [0.1, 0.15) is 6.04 Å². The van der Waals surface area contributed by atoms with Crippen molar-refractivity contribution < 1.29 is 19.3 Å². The number of nitrogens with one attached hydrogen (secondary N) is 2. The number of hydrogen-bond donors (Lipinski definition) is 2. The topological polar surface area (TPSA) is 125 Å². The lowest BCUT2D eigenvalue weighted by atomic mass is 9.79. The number of likely N-dealkylation sites (tertiary alicyclic amines) is 1. The van der Waals surface area contributed by atoms with Gasteiger partial charge in [0.2, 0.25) is 5.91 Å². The molecule has 3 amide bonds. The number of nitrogens with zero attached hydrogens (tertiary/aromatic N) is 3. The van der Waals surface area contributed by atoms with Gasteiger partial charge in [0, 0.05) is 66.1 Å². The smallest absolute Gasteiger partial charge is 0.318 e. The Labute approximate surface area is 240 Å². The number of Topliss-reactive ketones (excluding diaryl/α,β-unsaturated/α-hetero) is 1. The first-order chi connectivity index (χ1) is 19.4. The molecule has 5 rings (SSSR count). The Morgan fingerprint density at radius 2 is 1.68 bits per heavy atom. The molecular weight excluding hydrogens is 550 g/mol. The number of piperazine rings is 1. The fourth-order valence-corrected chi connectivity index (χ4v) is 7.44. The lowest BCUT2D eigenvalue weighted by Crippen LogP contribution is -2.56. The molecule has 40 heavy (non-hydrogen) atoms. The van der Waals surface area contributed by atoms with Crippen LogP contribution in [0, 0.1) is 16.0 Å². The van der Waals surface area contributed by atoms with Gasteiger partial charge in [0.05, 0.1) is 16.9 Å². The van der Waals surface area contributed by atoms with Crippen LogP contribution >= 0.6 is 22.7 Å². The van der Waals surface area contributed by atoms with Crippen LogP contribution in [0.15, 0.2) is 59.3 Å². The third-order valence-electron chi connectivity index (χ3n) is 7.48. The molecule has 1 aromatic carbocycles. The Morgan fingerprint density at radius 1 is 1.02 bits per heavy atom. The standard InChI is InChI=1S/C28H31N5O5S2/c1-2-11-30-28(36)32-24(21-6-4-17-40-21)23(26(34)18-7-9-19(10-8-18)33(37)38)22(20-5-3-16-39-20)25(32)27(35)31-14-12-29-13-15-31/h3-10,16-17,22-25,29H,2,11-15H2,1H3,(H,30,36). The highest BCUT2D eigenvalue weighted by Crippen LogP contribution is 2.53. The van der Waals surface area contributed by atoms with Crippen molar-refractivity contribution in [3.63, 3.8) is 0 Å². The average molecular weight is 582 g/mol. The highest BCUT2D eigenvalue weighted by molar-refractivity contribution is 7.10. The minimum Gasteiger partial charge on any atom is -0.338 e. The SMILES string of the molecule is CCCNC(=O)N1C(C(=O)N2CCNCC2)C(c2cccs2)C(C(=O)c2ccc([N+](=O)[O-])cc2)C1c1cccs1. The number of carbonyl (C=O) groups is 3. The lowest BCUT2D eigenvalue weighted by Gasteiger charge is -2.36. The van der Waals surface area contributed by atoms with E-state index in [-0.39, 0.29) is 23.4 Å². The first-order valence-corrected chi connectivity index (χ1v) is 15.1. The zero-order valence-electron chi connectivity index (χ0n) is 22.0. The van der Waals surface area contributed by atoms with E-state index in [0.29, 0.717) is 38.3 Å². The molecule has 0 radical (unpaired) electrons. The summed E-state index contributed by atoms with van der Waals surface area (Å²) in [5.74, 6) is -1.80. The van der Waals surface area contributed by atoms with Crippen LogP contribution in [0.3, 0.4) is 0 Å². The Balaban J connectivity index is 1.67. The van der Waals surface area contributed by atoms with E-state index in [0.717, 1.165) is 16.2 Å². The van der Waals surface area contributed by atoms with Crippen molar-refractivity contribution in [3.8, 4) is 0 Å². The number of non-ortho nitro benzene ring substituents is 1. The maximum atomic E-state index is 14.4. The lowest BCUT2D eigenvalue weighted by molar-refractivity contribution is -0.384. The summed E-state index contributed by atoms with van der Waals surface area (Å²) >= 11 is 2.90. The summed E-state index contributed by atoms with van der Waals surface area (Å²) in [5, 5.41) is 21.3. The van der Waals surface area contributed by atoms with Crippen molar-refractivity contribution >= 4 is 46.1 Å². The largest absolute Gasteiger partial charge is 0.338 e. The highest BCUT2D eigenvalue weighted by atomic mass is 32.1. The molecular formula is C28H31N5O5S2. The number of thiophene rings is 2. The molecule has 0 saturated carbocycles. The van der Waals surface area contributed by atoms with Crippen molar-refractivity contribution in [2.75, 3.05) is 32.7 Å².